The fourth-order valence-electron chi connectivity index (χ4n) is 2.60. The van der Waals surface area contributed by atoms with Gasteiger partial charge in [-0.15, -0.1) is 10.2 Å². The van der Waals surface area contributed by atoms with Crippen LogP contribution in [-0.4, -0.2) is 14.8 Å². The first kappa shape index (κ1) is 11.5. The van der Waals surface area contributed by atoms with E-state index in [1.807, 2.05) is 0 Å². The monoisotopic (exact) mass is 246 g/mol. The van der Waals surface area contributed by atoms with Gasteiger partial charge in [-0.3, -0.25) is 0 Å². The van der Waals surface area contributed by atoms with Crippen molar-refractivity contribution < 1.29 is 4.42 Å². The molecule has 0 aromatic carbocycles. The van der Waals surface area contributed by atoms with Crippen molar-refractivity contribution in [3.63, 3.8) is 0 Å². The molecule has 2 aromatic rings. The molecule has 18 heavy (non-hydrogen) atoms. The van der Waals surface area contributed by atoms with E-state index in [0.29, 0.717) is 18.3 Å². The average molecular weight is 246 g/mol. The minimum atomic E-state index is 0.174. The lowest BCUT2D eigenvalue weighted by atomic mass is 10.1. The van der Waals surface area contributed by atoms with E-state index in [4.69, 9.17) is 10.2 Å². The summed E-state index contributed by atoms with van der Waals surface area (Å²) in [5.41, 5.74) is 8.85. The Morgan fingerprint density at radius 3 is 3.06 bits per heavy atom. The Bertz CT molecular complexity index is 543. The van der Waals surface area contributed by atoms with Gasteiger partial charge in [-0.05, 0) is 30.4 Å². The Balaban J connectivity index is 1.84. The highest BCUT2D eigenvalue weighted by molar-refractivity contribution is 5.29. The van der Waals surface area contributed by atoms with Gasteiger partial charge in [0, 0.05) is 25.4 Å². The molecule has 0 bridgehead atoms. The van der Waals surface area contributed by atoms with Crippen molar-refractivity contribution in [2.45, 2.75) is 45.2 Å². The number of nitrogens with two attached hydrogens (primary N) is 1. The van der Waals surface area contributed by atoms with Gasteiger partial charge in [0.1, 0.15) is 6.54 Å². The third-order valence-corrected chi connectivity index (χ3v) is 3.49. The summed E-state index contributed by atoms with van der Waals surface area (Å²) in [5.74, 6) is 1.25. The Labute approximate surface area is 106 Å². The standard InChI is InChI=1S/C13H18N4O/c1-9-15-16-13(18-9)8-17-6-10-4-2-3-5-12(14)11(10)7-17/h6-7,12H,2-5,8,14H2,1H3. The summed E-state index contributed by atoms with van der Waals surface area (Å²) < 4.78 is 7.50. The molecule has 0 saturated carbocycles. The summed E-state index contributed by atoms with van der Waals surface area (Å²) >= 11 is 0. The second kappa shape index (κ2) is 4.57. The zero-order valence-electron chi connectivity index (χ0n) is 10.6. The third-order valence-electron chi connectivity index (χ3n) is 3.49. The molecule has 2 N–H and O–H groups in total. The van der Waals surface area contributed by atoms with E-state index in [1.165, 1.54) is 24.0 Å². The smallest absolute Gasteiger partial charge is 0.236 e. The van der Waals surface area contributed by atoms with Crippen molar-refractivity contribution in [3.8, 4) is 0 Å². The predicted octanol–water partition coefficient (Wildman–Crippen LogP) is 1.95. The summed E-state index contributed by atoms with van der Waals surface area (Å²) in [6.07, 6.45) is 8.95. The Morgan fingerprint density at radius 1 is 1.39 bits per heavy atom. The number of aryl methyl sites for hydroxylation is 2. The Hall–Kier alpha value is -1.62. The topological polar surface area (TPSA) is 69.9 Å². The van der Waals surface area contributed by atoms with E-state index >= 15 is 0 Å². The van der Waals surface area contributed by atoms with Crippen molar-refractivity contribution in [1.82, 2.24) is 14.8 Å². The average Bonchev–Trinajstić information content (AvgIpc) is 2.88. The lowest BCUT2D eigenvalue weighted by molar-refractivity contribution is 0.454. The number of fused-ring (bicyclic) bond motifs is 1. The zero-order valence-corrected chi connectivity index (χ0v) is 10.6. The van der Waals surface area contributed by atoms with Gasteiger partial charge in [0.25, 0.3) is 0 Å². The number of nitrogens with zero attached hydrogens (tertiary/aromatic N) is 3. The first-order chi connectivity index (χ1) is 8.72. The van der Waals surface area contributed by atoms with E-state index in [9.17, 15) is 0 Å². The minimum Gasteiger partial charge on any atom is -0.424 e. The van der Waals surface area contributed by atoms with Crippen LogP contribution in [0.2, 0.25) is 0 Å². The molecule has 2 heterocycles. The van der Waals surface area contributed by atoms with Gasteiger partial charge < -0.3 is 14.7 Å². The fraction of sp³-hybridized carbons (Fsp3) is 0.538. The summed E-state index contributed by atoms with van der Waals surface area (Å²) in [4.78, 5) is 0. The van der Waals surface area contributed by atoms with Crippen LogP contribution in [0.1, 0.15) is 48.2 Å². The normalized spacial score (nSPS) is 19.6. The van der Waals surface area contributed by atoms with Gasteiger partial charge in [-0.25, -0.2) is 0 Å². The van der Waals surface area contributed by atoms with Gasteiger partial charge in [0.05, 0.1) is 0 Å². The SMILES string of the molecule is Cc1nnc(Cn2cc3c(c2)C(N)CCCC3)o1. The molecule has 0 aliphatic heterocycles. The quantitative estimate of drug-likeness (QED) is 0.822. The molecule has 0 spiro atoms. The summed E-state index contributed by atoms with van der Waals surface area (Å²) in [5, 5.41) is 7.86. The van der Waals surface area contributed by atoms with Crippen molar-refractivity contribution in [3.05, 3.63) is 35.3 Å². The van der Waals surface area contributed by atoms with Crippen molar-refractivity contribution in [2.24, 2.45) is 5.73 Å². The number of hydrogen-bond acceptors (Lipinski definition) is 4. The van der Waals surface area contributed by atoms with Crippen LogP contribution >= 0.6 is 0 Å². The number of rotatable bonds is 2. The fourth-order valence-corrected chi connectivity index (χ4v) is 2.60. The molecule has 0 radical (unpaired) electrons. The van der Waals surface area contributed by atoms with Crippen LogP contribution in [0, 0.1) is 6.92 Å². The van der Waals surface area contributed by atoms with Crippen LogP contribution in [0.3, 0.4) is 0 Å². The van der Waals surface area contributed by atoms with E-state index in [1.54, 1.807) is 6.92 Å². The van der Waals surface area contributed by atoms with Gasteiger partial charge in [-0.1, -0.05) is 6.42 Å². The summed E-state index contributed by atoms with van der Waals surface area (Å²) in [6.45, 7) is 2.43. The van der Waals surface area contributed by atoms with Crippen LogP contribution in [-0.2, 0) is 13.0 Å². The molecule has 1 atom stereocenters. The highest BCUT2D eigenvalue weighted by Gasteiger charge is 2.17. The molecule has 1 unspecified atom stereocenters. The van der Waals surface area contributed by atoms with Gasteiger partial charge in [0.2, 0.25) is 11.8 Å². The van der Waals surface area contributed by atoms with Crippen LogP contribution in [0.25, 0.3) is 0 Å². The van der Waals surface area contributed by atoms with Crippen molar-refractivity contribution in [2.75, 3.05) is 0 Å². The van der Waals surface area contributed by atoms with E-state index in [0.717, 1.165) is 12.8 Å². The number of hydrogen-bond donors (Lipinski definition) is 1. The summed E-state index contributed by atoms with van der Waals surface area (Å²) in [7, 11) is 0. The lowest BCUT2D eigenvalue weighted by Crippen LogP contribution is -2.09. The van der Waals surface area contributed by atoms with E-state index in [2.05, 4.69) is 27.2 Å². The molecular weight excluding hydrogens is 228 g/mol. The molecule has 5 heteroatoms. The highest BCUT2D eigenvalue weighted by Crippen LogP contribution is 2.27. The van der Waals surface area contributed by atoms with E-state index < -0.39 is 0 Å². The predicted molar refractivity (Wildman–Crippen MR) is 67.1 cm³/mol. The van der Waals surface area contributed by atoms with Crippen molar-refractivity contribution in [1.29, 1.82) is 0 Å². The second-order valence-corrected chi connectivity index (χ2v) is 4.98. The van der Waals surface area contributed by atoms with Crippen LogP contribution < -0.4 is 5.73 Å². The van der Waals surface area contributed by atoms with Crippen LogP contribution in [0.4, 0.5) is 0 Å². The first-order valence-corrected chi connectivity index (χ1v) is 6.45. The molecule has 96 valence electrons. The second-order valence-electron chi connectivity index (χ2n) is 4.98. The molecule has 5 nitrogen and oxygen atoms in total. The molecule has 0 fully saturated rings. The Kier molecular flexibility index (Phi) is 2.91. The molecule has 1 aliphatic carbocycles. The third kappa shape index (κ3) is 2.18. The largest absolute Gasteiger partial charge is 0.424 e. The van der Waals surface area contributed by atoms with Gasteiger partial charge in [0.15, 0.2) is 0 Å². The number of aromatic nitrogens is 3. The zero-order chi connectivity index (χ0) is 12.5. The highest BCUT2D eigenvalue weighted by atomic mass is 16.4. The van der Waals surface area contributed by atoms with Gasteiger partial charge >= 0.3 is 0 Å². The lowest BCUT2D eigenvalue weighted by Gasteiger charge is -2.07. The maximum Gasteiger partial charge on any atom is 0.236 e. The molecular formula is C13H18N4O. The Morgan fingerprint density at radius 2 is 2.28 bits per heavy atom. The molecule has 2 aromatic heterocycles. The molecule has 1 aliphatic rings. The van der Waals surface area contributed by atoms with Crippen LogP contribution in [0.15, 0.2) is 16.8 Å². The summed E-state index contributed by atoms with van der Waals surface area (Å²) in [6, 6.07) is 0.174. The maximum absolute atomic E-state index is 6.19. The van der Waals surface area contributed by atoms with Gasteiger partial charge in [-0.2, -0.15) is 0 Å². The molecule has 3 rings (SSSR count). The minimum absolute atomic E-state index is 0.174. The molecule has 0 saturated heterocycles. The van der Waals surface area contributed by atoms with Crippen LogP contribution in [0.5, 0.6) is 0 Å². The van der Waals surface area contributed by atoms with Crippen molar-refractivity contribution >= 4 is 0 Å². The first-order valence-electron chi connectivity index (χ1n) is 6.45. The maximum atomic E-state index is 6.19. The van der Waals surface area contributed by atoms with E-state index in [-0.39, 0.29) is 6.04 Å². The molecule has 0 amide bonds.